The average Bonchev–Trinajstić information content (AvgIpc) is 3.53. The lowest BCUT2D eigenvalue weighted by molar-refractivity contribution is -0.123. The lowest BCUT2D eigenvalue weighted by Crippen LogP contribution is -2.51. The van der Waals surface area contributed by atoms with E-state index in [-0.39, 0.29) is 18.2 Å². The summed E-state index contributed by atoms with van der Waals surface area (Å²) in [5.74, 6) is -0.713. The summed E-state index contributed by atoms with van der Waals surface area (Å²) >= 11 is 1.50. The van der Waals surface area contributed by atoms with Crippen LogP contribution in [0, 0.1) is 11.3 Å². The molecule has 0 bridgehead atoms. The van der Waals surface area contributed by atoms with Gasteiger partial charge in [0.05, 0.1) is 21.3 Å². The molecule has 1 aliphatic carbocycles. The minimum atomic E-state index is -0.840. The smallest absolute Gasteiger partial charge is 0.251 e. The Hall–Kier alpha value is -4.02. The van der Waals surface area contributed by atoms with E-state index in [2.05, 4.69) is 21.7 Å². The number of carbonyl (C=O) groups is 2. The summed E-state index contributed by atoms with van der Waals surface area (Å²) in [6.45, 7) is 0. The number of hydrogen-bond donors (Lipinski definition) is 2. The van der Waals surface area contributed by atoms with E-state index in [0.717, 1.165) is 26.4 Å². The van der Waals surface area contributed by atoms with Gasteiger partial charge in [-0.1, -0.05) is 54.6 Å². The fourth-order valence-electron chi connectivity index (χ4n) is 3.79. The highest BCUT2D eigenvalue weighted by atomic mass is 32.1. The molecule has 34 heavy (non-hydrogen) atoms. The molecule has 1 heterocycles. The number of carbonyl (C=O) groups excluding carboxylic acids is 2. The second-order valence-corrected chi connectivity index (χ2v) is 9.55. The highest BCUT2D eigenvalue weighted by Crippen LogP contribution is 2.34. The molecule has 0 radical (unpaired) electrons. The predicted molar refractivity (Wildman–Crippen MR) is 132 cm³/mol. The number of rotatable bonds is 7. The van der Waals surface area contributed by atoms with Crippen LogP contribution in [0.3, 0.4) is 0 Å². The molecule has 1 aromatic heterocycles. The van der Waals surface area contributed by atoms with E-state index >= 15 is 0 Å². The molecule has 5 rings (SSSR count). The zero-order valence-corrected chi connectivity index (χ0v) is 19.1. The Kier molecular flexibility index (Phi) is 5.83. The number of amides is 2. The van der Waals surface area contributed by atoms with Gasteiger partial charge in [0, 0.05) is 12.0 Å². The molecular formula is C27H22N4O2S. The zero-order chi connectivity index (χ0) is 23.5. The first-order valence-electron chi connectivity index (χ1n) is 11.1. The minimum absolute atomic E-state index is 0.251. The van der Waals surface area contributed by atoms with E-state index in [1.807, 2.05) is 66.7 Å². The fourth-order valence-corrected chi connectivity index (χ4v) is 4.80. The maximum Gasteiger partial charge on any atom is 0.251 e. The Morgan fingerprint density at radius 3 is 2.32 bits per heavy atom. The summed E-state index contributed by atoms with van der Waals surface area (Å²) in [4.78, 5) is 30.7. The van der Waals surface area contributed by atoms with Crippen LogP contribution in [-0.2, 0) is 11.2 Å². The summed E-state index contributed by atoms with van der Waals surface area (Å²) in [7, 11) is 0. The highest BCUT2D eigenvalue weighted by Gasteiger charge is 2.45. The Labute approximate surface area is 201 Å². The van der Waals surface area contributed by atoms with Crippen molar-refractivity contribution in [1.82, 2.24) is 15.6 Å². The van der Waals surface area contributed by atoms with E-state index in [0.29, 0.717) is 18.4 Å². The number of thiazole rings is 1. The first kappa shape index (κ1) is 21.8. The van der Waals surface area contributed by atoms with Gasteiger partial charge in [-0.05, 0) is 48.2 Å². The Morgan fingerprint density at radius 1 is 0.971 bits per heavy atom. The Bertz CT molecular complexity index is 1350. The molecule has 0 spiro atoms. The Morgan fingerprint density at radius 2 is 1.65 bits per heavy atom. The molecule has 1 saturated carbocycles. The van der Waals surface area contributed by atoms with Gasteiger partial charge in [0.15, 0.2) is 0 Å². The van der Waals surface area contributed by atoms with Crippen LogP contribution in [0.25, 0.3) is 21.3 Å². The summed E-state index contributed by atoms with van der Waals surface area (Å²) in [6.07, 6.45) is 1.50. The number of benzene rings is 3. The first-order chi connectivity index (χ1) is 16.5. The molecule has 0 unspecified atom stereocenters. The normalized spacial score (nSPS) is 14.7. The fraction of sp³-hybridized carbons (Fsp3) is 0.185. The summed E-state index contributed by atoms with van der Waals surface area (Å²) in [5, 5.41) is 15.8. The van der Waals surface area contributed by atoms with Crippen molar-refractivity contribution >= 4 is 33.4 Å². The average molecular weight is 467 g/mol. The van der Waals surface area contributed by atoms with Crippen molar-refractivity contribution in [3.05, 3.63) is 89.4 Å². The maximum atomic E-state index is 13.1. The minimum Gasteiger partial charge on any atom is -0.340 e. The van der Waals surface area contributed by atoms with Gasteiger partial charge in [0.25, 0.3) is 5.91 Å². The van der Waals surface area contributed by atoms with Crippen LogP contribution in [-0.4, -0.2) is 28.4 Å². The molecule has 6 nitrogen and oxygen atoms in total. The van der Waals surface area contributed by atoms with Gasteiger partial charge in [0.1, 0.15) is 11.6 Å². The van der Waals surface area contributed by atoms with Gasteiger partial charge in [-0.2, -0.15) is 5.26 Å². The van der Waals surface area contributed by atoms with Gasteiger partial charge in [0.2, 0.25) is 5.91 Å². The van der Waals surface area contributed by atoms with Crippen LogP contribution in [0.4, 0.5) is 0 Å². The number of aromatic nitrogens is 1. The molecule has 2 N–H and O–H groups in total. The number of hydrogen-bond acceptors (Lipinski definition) is 5. The van der Waals surface area contributed by atoms with Crippen LogP contribution in [0.5, 0.6) is 0 Å². The SMILES string of the molecule is N#CC1(NC(=O)[C@H](Cc2nc3ccccc3s2)NC(=O)c2ccc(-c3ccccc3)cc2)CC1. The van der Waals surface area contributed by atoms with Crippen molar-refractivity contribution in [3.63, 3.8) is 0 Å². The van der Waals surface area contributed by atoms with Crippen LogP contribution in [0.15, 0.2) is 78.9 Å². The first-order valence-corrected chi connectivity index (χ1v) is 11.9. The second kappa shape index (κ2) is 9.08. The number of fused-ring (bicyclic) bond motifs is 1. The van der Waals surface area contributed by atoms with Crippen molar-refractivity contribution in [3.8, 4) is 17.2 Å². The third kappa shape index (κ3) is 4.68. The van der Waals surface area contributed by atoms with Gasteiger partial charge >= 0.3 is 0 Å². The summed E-state index contributed by atoms with van der Waals surface area (Å²) in [6, 6.07) is 26.3. The van der Waals surface area contributed by atoms with Gasteiger partial charge in [-0.25, -0.2) is 4.98 Å². The highest BCUT2D eigenvalue weighted by molar-refractivity contribution is 7.18. The van der Waals surface area contributed by atoms with E-state index in [1.165, 1.54) is 11.3 Å². The van der Waals surface area contributed by atoms with Gasteiger partial charge in [-0.15, -0.1) is 11.3 Å². The maximum absolute atomic E-state index is 13.1. The zero-order valence-electron chi connectivity index (χ0n) is 18.3. The monoisotopic (exact) mass is 466 g/mol. The molecule has 0 saturated heterocycles. The van der Waals surface area contributed by atoms with E-state index in [9.17, 15) is 14.9 Å². The third-order valence-corrected chi connectivity index (χ3v) is 6.98. The van der Waals surface area contributed by atoms with E-state index < -0.39 is 11.6 Å². The molecule has 1 aliphatic rings. The molecule has 1 fully saturated rings. The summed E-state index contributed by atoms with van der Waals surface area (Å²) < 4.78 is 1.02. The molecule has 4 aromatic rings. The lowest BCUT2D eigenvalue weighted by atomic mass is 10.0. The predicted octanol–water partition coefficient (Wildman–Crippen LogP) is 4.48. The van der Waals surface area contributed by atoms with E-state index in [1.54, 1.807) is 12.1 Å². The molecule has 7 heteroatoms. The second-order valence-electron chi connectivity index (χ2n) is 8.43. The van der Waals surface area contributed by atoms with Crippen LogP contribution in [0.2, 0.25) is 0 Å². The number of nitrogens with one attached hydrogen (secondary N) is 2. The van der Waals surface area contributed by atoms with Crippen LogP contribution in [0.1, 0.15) is 28.2 Å². The van der Waals surface area contributed by atoms with Crippen molar-refractivity contribution in [1.29, 1.82) is 5.26 Å². The lowest BCUT2D eigenvalue weighted by Gasteiger charge is -2.19. The quantitative estimate of drug-likeness (QED) is 0.420. The van der Waals surface area contributed by atoms with Crippen molar-refractivity contribution in [2.75, 3.05) is 0 Å². The van der Waals surface area contributed by atoms with Crippen molar-refractivity contribution in [2.24, 2.45) is 0 Å². The van der Waals surface area contributed by atoms with Crippen LogP contribution < -0.4 is 10.6 Å². The summed E-state index contributed by atoms with van der Waals surface area (Å²) in [5.41, 5.74) is 2.58. The largest absolute Gasteiger partial charge is 0.340 e. The molecule has 3 aromatic carbocycles. The number of para-hydroxylation sites is 1. The standard InChI is InChI=1S/C27H22N4O2S/c28-17-27(14-15-27)31-26(33)22(16-24-29-21-8-4-5-9-23(21)34-24)30-25(32)20-12-10-19(11-13-20)18-6-2-1-3-7-18/h1-13,22H,14-16H2,(H,30,32)(H,31,33)/t22-/m0/s1. The molecule has 2 amide bonds. The van der Waals surface area contributed by atoms with Crippen molar-refractivity contribution < 1.29 is 9.59 Å². The Balaban J connectivity index is 1.35. The molecule has 0 aliphatic heterocycles. The van der Waals surface area contributed by atoms with E-state index in [4.69, 9.17) is 0 Å². The third-order valence-electron chi connectivity index (χ3n) is 5.92. The van der Waals surface area contributed by atoms with Crippen LogP contribution >= 0.6 is 11.3 Å². The van der Waals surface area contributed by atoms with Gasteiger partial charge in [-0.3, -0.25) is 9.59 Å². The molecular weight excluding hydrogens is 444 g/mol. The molecule has 168 valence electrons. The number of nitriles is 1. The number of nitrogens with zero attached hydrogens (tertiary/aromatic N) is 2. The van der Waals surface area contributed by atoms with Gasteiger partial charge < -0.3 is 10.6 Å². The van der Waals surface area contributed by atoms with Crippen molar-refractivity contribution in [2.45, 2.75) is 30.8 Å². The topological polar surface area (TPSA) is 94.9 Å². The molecule has 1 atom stereocenters.